The van der Waals surface area contributed by atoms with Crippen molar-refractivity contribution in [3.05, 3.63) is 59.7 Å². The Hall–Kier alpha value is -3.47. The average molecular weight is 499 g/mol. The zero-order valence-electron chi connectivity index (χ0n) is 20.6. The second-order valence-corrected chi connectivity index (χ2v) is 8.62. The van der Waals surface area contributed by atoms with Crippen molar-refractivity contribution in [1.29, 1.82) is 0 Å². The number of carbonyl (C=O) groups is 3. The first kappa shape index (κ1) is 27.1. The van der Waals surface area contributed by atoms with E-state index in [1.165, 1.54) is 17.4 Å². The Morgan fingerprint density at radius 2 is 1.61 bits per heavy atom. The number of benzene rings is 2. The highest BCUT2D eigenvalue weighted by atomic mass is 16.5. The summed E-state index contributed by atoms with van der Waals surface area (Å²) in [7, 11) is 0. The molecule has 4 amide bonds. The zero-order chi connectivity index (χ0) is 26.1. The van der Waals surface area contributed by atoms with E-state index in [1.807, 2.05) is 24.3 Å². The number of ether oxygens (including phenoxy) is 1. The van der Waals surface area contributed by atoms with Gasteiger partial charge in [0.15, 0.2) is 0 Å². The fourth-order valence-electron chi connectivity index (χ4n) is 3.79. The molecule has 194 valence electrons. The van der Waals surface area contributed by atoms with Crippen LogP contribution in [-0.2, 0) is 16.0 Å². The number of nitrogens with one attached hydrogen (secondary N) is 2. The Balaban J connectivity index is 1.52. The Bertz CT molecular complexity index is 1020. The lowest BCUT2D eigenvalue weighted by atomic mass is 10.0. The third-order valence-corrected chi connectivity index (χ3v) is 6.02. The van der Waals surface area contributed by atoms with E-state index in [9.17, 15) is 24.7 Å². The summed E-state index contributed by atoms with van der Waals surface area (Å²) in [6, 6.07) is 13.4. The summed E-state index contributed by atoms with van der Waals surface area (Å²) in [5, 5.41) is 25.7. The van der Waals surface area contributed by atoms with Crippen molar-refractivity contribution >= 4 is 17.8 Å². The van der Waals surface area contributed by atoms with Gasteiger partial charge in [0, 0.05) is 25.2 Å². The topological polar surface area (TPSA) is 131 Å². The number of aryl methyl sites for hydroxylation is 1. The Morgan fingerprint density at radius 3 is 2.17 bits per heavy atom. The molecule has 2 aromatic carbocycles. The first-order chi connectivity index (χ1) is 17.3. The van der Waals surface area contributed by atoms with E-state index in [0.29, 0.717) is 36.9 Å². The van der Waals surface area contributed by atoms with E-state index in [0.717, 1.165) is 17.5 Å². The molecule has 10 nitrogen and oxygen atoms in total. The highest BCUT2D eigenvalue weighted by Gasteiger charge is 2.27. The number of urea groups is 1. The Kier molecular flexibility index (Phi) is 9.80. The van der Waals surface area contributed by atoms with Gasteiger partial charge >= 0.3 is 6.03 Å². The van der Waals surface area contributed by atoms with Crippen molar-refractivity contribution in [3.63, 3.8) is 0 Å². The maximum atomic E-state index is 12.7. The van der Waals surface area contributed by atoms with Crippen LogP contribution < -0.4 is 10.6 Å². The van der Waals surface area contributed by atoms with Gasteiger partial charge in [-0.2, -0.15) is 0 Å². The van der Waals surface area contributed by atoms with E-state index in [2.05, 4.69) is 29.7 Å². The Morgan fingerprint density at radius 1 is 1.03 bits per heavy atom. The number of nitrogens with zero attached hydrogens (tertiary/aromatic N) is 2. The molecular weight excluding hydrogens is 464 g/mol. The summed E-state index contributed by atoms with van der Waals surface area (Å²) >= 11 is 0. The van der Waals surface area contributed by atoms with Crippen LogP contribution in [-0.4, -0.2) is 89.7 Å². The molecule has 36 heavy (non-hydrogen) atoms. The van der Waals surface area contributed by atoms with Gasteiger partial charge in [-0.05, 0) is 42.2 Å². The average Bonchev–Trinajstić information content (AvgIpc) is 2.91. The zero-order valence-corrected chi connectivity index (χ0v) is 20.6. The quantitative estimate of drug-likeness (QED) is 0.307. The van der Waals surface area contributed by atoms with Crippen LogP contribution >= 0.6 is 0 Å². The molecule has 1 fully saturated rings. The molecule has 0 bridgehead atoms. The van der Waals surface area contributed by atoms with Crippen molar-refractivity contribution in [2.45, 2.75) is 32.4 Å². The molecule has 0 saturated carbocycles. The number of hydrogen-bond donors (Lipinski definition) is 4. The van der Waals surface area contributed by atoms with Crippen LogP contribution in [0.2, 0.25) is 0 Å². The maximum Gasteiger partial charge on any atom is 0.343 e. The predicted octanol–water partition coefficient (Wildman–Crippen LogP) is 1.65. The first-order valence-corrected chi connectivity index (χ1v) is 12.1. The van der Waals surface area contributed by atoms with Crippen LogP contribution in [0.15, 0.2) is 48.5 Å². The molecule has 1 heterocycles. The maximum absolute atomic E-state index is 12.7. The fraction of sp³-hybridized carbons (Fsp3) is 0.423. The second-order valence-electron chi connectivity index (χ2n) is 8.62. The number of morpholine rings is 1. The molecule has 0 aromatic heterocycles. The molecule has 0 radical (unpaired) electrons. The molecule has 4 N–H and O–H groups in total. The largest absolute Gasteiger partial charge is 0.391 e. The normalized spacial score (nSPS) is 15.1. The van der Waals surface area contributed by atoms with Crippen LogP contribution in [0.1, 0.15) is 29.8 Å². The van der Waals surface area contributed by atoms with Crippen molar-refractivity contribution < 1.29 is 29.4 Å². The molecule has 2 atom stereocenters. The van der Waals surface area contributed by atoms with Gasteiger partial charge in [0.05, 0.1) is 25.9 Å². The summed E-state index contributed by atoms with van der Waals surface area (Å²) in [6.45, 7) is 4.85. The summed E-state index contributed by atoms with van der Waals surface area (Å²) in [6.07, 6.45) is -0.201. The van der Waals surface area contributed by atoms with E-state index in [-0.39, 0.29) is 13.1 Å². The van der Waals surface area contributed by atoms with Crippen molar-refractivity contribution in [2.75, 3.05) is 39.4 Å². The third kappa shape index (κ3) is 7.27. The molecule has 3 rings (SSSR count). The molecular formula is C26H34N4O6. The van der Waals surface area contributed by atoms with Gasteiger partial charge in [-0.3, -0.25) is 14.8 Å². The lowest BCUT2D eigenvalue weighted by molar-refractivity contribution is -0.125. The molecule has 1 aliphatic heterocycles. The van der Waals surface area contributed by atoms with E-state index in [4.69, 9.17) is 4.74 Å². The van der Waals surface area contributed by atoms with Gasteiger partial charge < -0.3 is 25.4 Å². The minimum absolute atomic E-state index is 0.0595. The van der Waals surface area contributed by atoms with Crippen LogP contribution in [0, 0.1) is 0 Å². The number of carbonyl (C=O) groups excluding carboxylic acids is 3. The number of hydrogen-bond acceptors (Lipinski definition) is 6. The SMILES string of the molecule is CCc1ccc(-c2ccc(C(=O)N[C@H](C(=O)NCCN(O)C(=O)N3CCOCC3)[C@@H](C)O)cc2)cc1. The molecule has 0 spiro atoms. The Labute approximate surface area is 210 Å². The second kappa shape index (κ2) is 13.0. The van der Waals surface area contributed by atoms with Gasteiger partial charge in [0.25, 0.3) is 5.91 Å². The molecule has 0 aliphatic carbocycles. The van der Waals surface area contributed by atoms with Crippen molar-refractivity contribution in [1.82, 2.24) is 20.6 Å². The first-order valence-electron chi connectivity index (χ1n) is 12.1. The standard InChI is InChI=1S/C26H34N4O6/c1-3-19-4-6-20(7-5-19)21-8-10-22(11-9-21)24(32)28-23(18(2)31)25(33)27-12-13-30(35)26(34)29-14-16-36-17-15-29/h4-11,18,23,31,35H,3,12-17H2,1-2H3,(H,27,33)(H,28,32)/t18-,23+/m1/s1. The van der Waals surface area contributed by atoms with Crippen molar-refractivity contribution in [3.8, 4) is 11.1 Å². The summed E-state index contributed by atoms with van der Waals surface area (Å²) in [5.74, 6) is -1.13. The number of aliphatic hydroxyl groups excluding tert-OH is 1. The smallest absolute Gasteiger partial charge is 0.343 e. The van der Waals surface area contributed by atoms with Gasteiger partial charge in [0.2, 0.25) is 5.91 Å². The van der Waals surface area contributed by atoms with Crippen molar-refractivity contribution in [2.24, 2.45) is 0 Å². The van der Waals surface area contributed by atoms with Crippen LogP contribution in [0.5, 0.6) is 0 Å². The third-order valence-electron chi connectivity index (χ3n) is 6.02. The molecule has 1 saturated heterocycles. The van der Waals surface area contributed by atoms with Crippen LogP contribution in [0.3, 0.4) is 0 Å². The van der Waals surface area contributed by atoms with E-state index in [1.54, 1.807) is 12.1 Å². The lowest BCUT2D eigenvalue weighted by Crippen LogP contribution is -2.54. The molecule has 1 aliphatic rings. The highest BCUT2D eigenvalue weighted by Crippen LogP contribution is 2.20. The number of aliphatic hydroxyl groups is 1. The summed E-state index contributed by atoms with van der Waals surface area (Å²) < 4.78 is 5.18. The van der Waals surface area contributed by atoms with Gasteiger partial charge in [-0.15, -0.1) is 0 Å². The van der Waals surface area contributed by atoms with Crippen LogP contribution in [0.25, 0.3) is 11.1 Å². The van der Waals surface area contributed by atoms with Gasteiger partial charge in [-0.1, -0.05) is 43.3 Å². The van der Waals surface area contributed by atoms with E-state index >= 15 is 0 Å². The van der Waals surface area contributed by atoms with Gasteiger partial charge in [-0.25, -0.2) is 9.86 Å². The summed E-state index contributed by atoms with van der Waals surface area (Å²) in [4.78, 5) is 39.0. The number of hydroxylamine groups is 2. The van der Waals surface area contributed by atoms with Crippen LogP contribution in [0.4, 0.5) is 4.79 Å². The lowest BCUT2D eigenvalue weighted by Gasteiger charge is -2.30. The highest BCUT2D eigenvalue weighted by molar-refractivity contribution is 5.98. The summed E-state index contributed by atoms with van der Waals surface area (Å²) in [5.41, 5.74) is 3.58. The predicted molar refractivity (Wildman–Crippen MR) is 133 cm³/mol. The number of rotatable bonds is 9. The van der Waals surface area contributed by atoms with Gasteiger partial charge in [0.1, 0.15) is 6.04 Å². The molecule has 10 heteroatoms. The monoisotopic (exact) mass is 498 g/mol. The molecule has 0 unspecified atom stereocenters. The minimum atomic E-state index is -1.21. The minimum Gasteiger partial charge on any atom is -0.391 e. The fourth-order valence-corrected chi connectivity index (χ4v) is 3.79. The van der Waals surface area contributed by atoms with E-state index < -0.39 is 30.0 Å². The molecule has 2 aromatic rings. The number of amides is 4.